The molecule has 0 aliphatic carbocycles. The largest absolute Gasteiger partial charge is 0.454 e. The highest BCUT2D eigenvalue weighted by atomic mass is 16.7. The lowest BCUT2D eigenvalue weighted by atomic mass is 10.1. The van der Waals surface area contributed by atoms with E-state index < -0.39 is 16.2 Å². The fourth-order valence-electron chi connectivity index (χ4n) is 3.84. The van der Waals surface area contributed by atoms with Gasteiger partial charge in [-0.05, 0) is 35.4 Å². The maximum atomic E-state index is 13.4. The van der Waals surface area contributed by atoms with Gasteiger partial charge in [-0.3, -0.25) is 24.0 Å². The third-order valence-corrected chi connectivity index (χ3v) is 5.37. The Labute approximate surface area is 180 Å². The van der Waals surface area contributed by atoms with Crippen LogP contribution in [-0.4, -0.2) is 20.9 Å². The molecule has 1 aliphatic heterocycles. The van der Waals surface area contributed by atoms with Crippen LogP contribution in [0.1, 0.15) is 11.1 Å². The third kappa shape index (κ3) is 3.39. The number of para-hydroxylation sites is 1. The van der Waals surface area contributed by atoms with Gasteiger partial charge in [-0.15, -0.1) is 0 Å². The number of rotatable bonds is 5. The van der Waals surface area contributed by atoms with Gasteiger partial charge < -0.3 is 9.47 Å². The summed E-state index contributed by atoms with van der Waals surface area (Å²) in [5.41, 5.74) is 0.797. The van der Waals surface area contributed by atoms with Crippen LogP contribution in [0.4, 0.5) is 5.69 Å². The number of fused-ring (bicyclic) bond motifs is 2. The lowest BCUT2D eigenvalue weighted by molar-refractivity contribution is -0.384. The van der Waals surface area contributed by atoms with Crippen LogP contribution >= 0.6 is 0 Å². The highest BCUT2D eigenvalue weighted by Crippen LogP contribution is 2.32. The molecule has 9 nitrogen and oxygen atoms in total. The van der Waals surface area contributed by atoms with Gasteiger partial charge in [0, 0.05) is 12.1 Å². The summed E-state index contributed by atoms with van der Waals surface area (Å²) in [5.74, 6) is 1.18. The highest BCUT2D eigenvalue weighted by Gasteiger charge is 2.17. The van der Waals surface area contributed by atoms with Crippen molar-refractivity contribution in [3.8, 4) is 11.5 Å². The van der Waals surface area contributed by atoms with Gasteiger partial charge in [0.1, 0.15) is 0 Å². The number of nitro benzene ring substituents is 1. The van der Waals surface area contributed by atoms with E-state index in [1.165, 1.54) is 16.7 Å². The summed E-state index contributed by atoms with van der Waals surface area (Å²) < 4.78 is 13.3. The smallest absolute Gasteiger partial charge is 0.332 e. The molecular weight excluding hydrogens is 414 g/mol. The van der Waals surface area contributed by atoms with E-state index in [1.54, 1.807) is 54.6 Å². The van der Waals surface area contributed by atoms with E-state index >= 15 is 0 Å². The summed E-state index contributed by atoms with van der Waals surface area (Å²) in [7, 11) is 0. The van der Waals surface area contributed by atoms with Gasteiger partial charge in [-0.2, -0.15) is 0 Å². The van der Waals surface area contributed by atoms with Crippen LogP contribution in [0, 0.1) is 10.1 Å². The zero-order chi connectivity index (χ0) is 22.2. The Bertz CT molecular complexity index is 1490. The first-order valence-electron chi connectivity index (χ1n) is 9.85. The zero-order valence-corrected chi connectivity index (χ0v) is 16.8. The van der Waals surface area contributed by atoms with Crippen molar-refractivity contribution in [3.05, 3.63) is 109 Å². The molecule has 0 radical (unpaired) electrons. The van der Waals surface area contributed by atoms with Crippen LogP contribution in [0.2, 0.25) is 0 Å². The molecule has 5 rings (SSSR count). The van der Waals surface area contributed by atoms with Crippen LogP contribution in [-0.2, 0) is 13.1 Å². The van der Waals surface area contributed by atoms with Crippen LogP contribution in [0.5, 0.6) is 11.5 Å². The van der Waals surface area contributed by atoms with E-state index in [2.05, 4.69) is 0 Å². The summed E-state index contributed by atoms with van der Waals surface area (Å²) in [6.07, 6.45) is 0. The summed E-state index contributed by atoms with van der Waals surface area (Å²) in [6, 6.07) is 18.2. The number of nitrogens with zero attached hydrogens (tertiary/aromatic N) is 3. The van der Waals surface area contributed by atoms with Gasteiger partial charge in [0.15, 0.2) is 11.5 Å². The molecule has 160 valence electrons. The number of hydrogen-bond donors (Lipinski definition) is 0. The summed E-state index contributed by atoms with van der Waals surface area (Å²) in [6.45, 7) is 0.265. The molecule has 0 N–H and O–H groups in total. The molecule has 0 amide bonds. The molecule has 0 bridgehead atoms. The monoisotopic (exact) mass is 431 g/mol. The first-order chi connectivity index (χ1) is 15.5. The minimum absolute atomic E-state index is 0.0497. The second kappa shape index (κ2) is 7.69. The fourth-order valence-corrected chi connectivity index (χ4v) is 3.84. The Morgan fingerprint density at radius 3 is 2.44 bits per heavy atom. The van der Waals surface area contributed by atoms with Crippen molar-refractivity contribution in [2.75, 3.05) is 6.79 Å². The van der Waals surface area contributed by atoms with Gasteiger partial charge in [-0.25, -0.2) is 4.79 Å². The van der Waals surface area contributed by atoms with Gasteiger partial charge in [0.25, 0.3) is 11.2 Å². The van der Waals surface area contributed by atoms with E-state index in [9.17, 15) is 19.7 Å². The Hall–Kier alpha value is -4.40. The molecule has 0 spiro atoms. The minimum Gasteiger partial charge on any atom is -0.454 e. The van der Waals surface area contributed by atoms with Crippen molar-refractivity contribution in [1.82, 2.24) is 9.13 Å². The molecule has 0 unspecified atom stereocenters. The topological polar surface area (TPSA) is 106 Å². The third-order valence-electron chi connectivity index (χ3n) is 5.37. The molecule has 9 heteroatoms. The zero-order valence-electron chi connectivity index (χ0n) is 16.8. The second-order valence-corrected chi connectivity index (χ2v) is 7.39. The molecular formula is C23H17N3O6. The molecule has 3 aromatic carbocycles. The maximum Gasteiger partial charge on any atom is 0.332 e. The van der Waals surface area contributed by atoms with E-state index in [0.29, 0.717) is 33.5 Å². The van der Waals surface area contributed by atoms with Gasteiger partial charge in [0.05, 0.1) is 28.9 Å². The van der Waals surface area contributed by atoms with Gasteiger partial charge in [0.2, 0.25) is 6.79 Å². The fraction of sp³-hybridized carbons (Fsp3) is 0.130. The molecule has 1 aliphatic rings. The maximum absolute atomic E-state index is 13.4. The van der Waals surface area contributed by atoms with E-state index in [4.69, 9.17) is 9.47 Å². The predicted molar refractivity (Wildman–Crippen MR) is 116 cm³/mol. The lowest BCUT2D eigenvalue weighted by Crippen LogP contribution is -2.40. The molecule has 0 atom stereocenters. The van der Waals surface area contributed by atoms with Crippen molar-refractivity contribution in [2.24, 2.45) is 0 Å². The minimum atomic E-state index is -0.502. The summed E-state index contributed by atoms with van der Waals surface area (Å²) >= 11 is 0. The Morgan fingerprint density at radius 1 is 0.844 bits per heavy atom. The quantitative estimate of drug-likeness (QED) is 0.355. The molecule has 1 aromatic heterocycles. The van der Waals surface area contributed by atoms with Crippen molar-refractivity contribution in [1.29, 1.82) is 0 Å². The number of aromatic nitrogens is 2. The second-order valence-electron chi connectivity index (χ2n) is 7.39. The van der Waals surface area contributed by atoms with Crippen molar-refractivity contribution in [2.45, 2.75) is 13.1 Å². The number of benzene rings is 3. The first kappa shape index (κ1) is 19.6. The van der Waals surface area contributed by atoms with Crippen molar-refractivity contribution < 1.29 is 14.4 Å². The molecule has 0 saturated heterocycles. The van der Waals surface area contributed by atoms with Crippen LogP contribution in [0.3, 0.4) is 0 Å². The van der Waals surface area contributed by atoms with Crippen molar-refractivity contribution >= 4 is 16.6 Å². The molecule has 2 heterocycles. The summed E-state index contributed by atoms with van der Waals surface area (Å²) in [4.78, 5) is 37.2. The number of hydrogen-bond acceptors (Lipinski definition) is 6. The molecule has 4 aromatic rings. The van der Waals surface area contributed by atoms with Gasteiger partial charge in [-0.1, -0.05) is 30.3 Å². The van der Waals surface area contributed by atoms with Crippen LogP contribution in [0.15, 0.2) is 76.3 Å². The highest BCUT2D eigenvalue weighted by molar-refractivity contribution is 5.78. The van der Waals surface area contributed by atoms with E-state index in [-0.39, 0.29) is 25.6 Å². The average Bonchev–Trinajstić information content (AvgIpc) is 3.27. The summed E-state index contributed by atoms with van der Waals surface area (Å²) in [5, 5.41) is 11.5. The van der Waals surface area contributed by atoms with Crippen molar-refractivity contribution in [3.63, 3.8) is 0 Å². The Kier molecular flexibility index (Phi) is 4.70. The number of non-ortho nitro benzene ring substituents is 1. The standard InChI is InChI=1S/C23H17N3O6/c27-22-18-6-1-2-7-19(18)24(12-15-4-3-5-17(10-15)26(29)30)23(28)25(22)13-16-8-9-20-21(11-16)32-14-31-20/h1-11H,12-14H2. The molecule has 32 heavy (non-hydrogen) atoms. The van der Waals surface area contributed by atoms with Gasteiger partial charge >= 0.3 is 5.69 Å². The number of ether oxygens (including phenoxy) is 2. The SMILES string of the molecule is O=c1c2ccccc2n(Cc2cccc([N+](=O)[O-])c2)c(=O)n1Cc1ccc2c(c1)OCO2. The Morgan fingerprint density at radius 2 is 1.59 bits per heavy atom. The predicted octanol–water partition coefficient (Wildman–Crippen LogP) is 2.90. The molecule has 0 saturated carbocycles. The Balaban J connectivity index is 1.63. The van der Waals surface area contributed by atoms with E-state index in [1.807, 2.05) is 0 Å². The van der Waals surface area contributed by atoms with Crippen LogP contribution < -0.4 is 20.7 Å². The van der Waals surface area contributed by atoms with E-state index in [0.717, 1.165) is 4.57 Å². The first-order valence-corrected chi connectivity index (χ1v) is 9.85. The lowest BCUT2D eigenvalue weighted by Gasteiger charge is -2.14. The molecule has 0 fully saturated rings. The average molecular weight is 431 g/mol. The number of nitro groups is 1. The van der Waals surface area contributed by atoms with Crippen LogP contribution in [0.25, 0.3) is 10.9 Å². The normalized spacial score (nSPS) is 12.2.